The molecule has 0 amide bonds. The number of rotatable bonds is 7. The molecular formula is C15H20N2O. The van der Waals surface area contributed by atoms with E-state index in [1.54, 1.807) is 6.26 Å². The van der Waals surface area contributed by atoms with Gasteiger partial charge in [-0.1, -0.05) is 24.3 Å². The molecule has 0 unspecified atom stereocenters. The molecule has 3 heteroatoms. The van der Waals surface area contributed by atoms with Crippen LogP contribution in [0.15, 0.2) is 47.1 Å². The van der Waals surface area contributed by atoms with Crippen LogP contribution in [-0.2, 0) is 19.5 Å². The lowest BCUT2D eigenvalue weighted by molar-refractivity contribution is 0.482. The number of benzene rings is 1. The fourth-order valence-corrected chi connectivity index (χ4v) is 1.97. The zero-order valence-electron chi connectivity index (χ0n) is 10.8. The summed E-state index contributed by atoms with van der Waals surface area (Å²) in [5.41, 5.74) is 2.76. The number of hydrogen-bond acceptors (Lipinski definition) is 3. The van der Waals surface area contributed by atoms with Crippen LogP contribution in [0.1, 0.15) is 16.9 Å². The molecule has 2 rings (SSSR count). The number of nitrogens with one attached hydrogen (secondary N) is 2. The van der Waals surface area contributed by atoms with Crippen LogP contribution in [0.4, 0.5) is 0 Å². The van der Waals surface area contributed by atoms with Gasteiger partial charge < -0.3 is 15.1 Å². The van der Waals surface area contributed by atoms with Crippen molar-refractivity contribution in [2.24, 2.45) is 0 Å². The van der Waals surface area contributed by atoms with E-state index < -0.39 is 0 Å². The minimum atomic E-state index is 0.771. The maximum Gasteiger partial charge on any atom is 0.117 e. The van der Waals surface area contributed by atoms with E-state index in [-0.39, 0.29) is 0 Å². The third kappa shape index (κ3) is 3.72. The van der Waals surface area contributed by atoms with Crippen molar-refractivity contribution in [1.29, 1.82) is 0 Å². The van der Waals surface area contributed by atoms with Crippen LogP contribution in [0.25, 0.3) is 0 Å². The van der Waals surface area contributed by atoms with E-state index in [9.17, 15) is 0 Å². The van der Waals surface area contributed by atoms with Gasteiger partial charge >= 0.3 is 0 Å². The molecule has 2 N–H and O–H groups in total. The van der Waals surface area contributed by atoms with Gasteiger partial charge in [0.25, 0.3) is 0 Å². The Morgan fingerprint density at radius 1 is 1.00 bits per heavy atom. The molecule has 0 aliphatic rings. The predicted molar refractivity (Wildman–Crippen MR) is 73.3 cm³/mol. The van der Waals surface area contributed by atoms with E-state index in [2.05, 4.69) is 34.9 Å². The fourth-order valence-electron chi connectivity index (χ4n) is 1.97. The van der Waals surface area contributed by atoms with Crippen molar-refractivity contribution in [3.05, 3.63) is 59.5 Å². The molecule has 96 valence electrons. The summed E-state index contributed by atoms with van der Waals surface area (Å²) in [4.78, 5) is 0. The van der Waals surface area contributed by atoms with E-state index in [0.717, 1.165) is 31.8 Å². The molecule has 0 saturated heterocycles. The van der Waals surface area contributed by atoms with Crippen molar-refractivity contribution in [2.45, 2.75) is 19.5 Å². The van der Waals surface area contributed by atoms with Gasteiger partial charge in [-0.3, -0.25) is 0 Å². The molecule has 1 aromatic heterocycles. The van der Waals surface area contributed by atoms with Crippen molar-refractivity contribution in [3.63, 3.8) is 0 Å². The minimum Gasteiger partial charge on any atom is -0.468 e. The van der Waals surface area contributed by atoms with Gasteiger partial charge in [0, 0.05) is 6.54 Å². The quantitative estimate of drug-likeness (QED) is 0.785. The minimum absolute atomic E-state index is 0.771. The smallest absolute Gasteiger partial charge is 0.117 e. The highest BCUT2D eigenvalue weighted by molar-refractivity contribution is 5.27. The van der Waals surface area contributed by atoms with Gasteiger partial charge in [-0.25, -0.2) is 0 Å². The molecule has 0 saturated carbocycles. The van der Waals surface area contributed by atoms with Crippen LogP contribution in [0, 0.1) is 0 Å². The summed E-state index contributed by atoms with van der Waals surface area (Å²) in [6, 6.07) is 12.5. The average molecular weight is 244 g/mol. The molecule has 0 spiro atoms. The largest absolute Gasteiger partial charge is 0.468 e. The summed E-state index contributed by atoms with van der Waals surface area (Å²) in [6.45, 7) is 2.66. The normalized spacial score (nSPS) is 10.7. The number of hydrogen-bond donors (Lipinski definition) is 2. The molecule has 18 heavy (non-hydrogen) atoms. The van der Waals surface area contributed by atoms with Gasteiger partial charge in [-0.05, 0) is 43.3 Å². The van der Waals surface area contributed by atoms with Gasteiger partial charge in [0.05, 0.1) is 12.8 Å². The Morgan fingerprint density at radius 3 is 2.56 bits per heavy atom. The van der Waals surface area contributed by atoms with Crippen LogP contribution in [0.2, 0.25) is 0 Å². The molecule has 3 nitrogen and oxygen atoms in total. The summed E-state index contributed by atoms with van der Waals surface area (Å²) >= 11 is 0. The predicted octanol–water partition coefficient (Wildman–Crippen LogP) is 2.33. The number of furan rings is 1. The van der Waals surface area contributed by atoms with Gasteiger partial charge in [0.2, 0.25) is 0 Å². The van der Waals surface area contributed by atoms with Gasteiger partial charge in [-0.15, -0.1) is 0 Å². The Balaban J connectivity index is 1.87. The van der Waals surface area contributed by atoms with E-state index in [1.807, 2.05) is 19.2 Å². The second-order valence-electron chi connectivity index (χ2n) is 4.31. The molecule has 1 aromatic carbocycles. The van der Waals surface area contributed by atoms with Crippen molar-refractivity contribution in [1.82, 2.24) is 10.6 Å². The highest BCUT2D eigenvalue weighted by Gasteiger charge is 2.01. The van der Waals surface area contributed by atoms with E-state index in [0.29, 0.717) is 0 Å². The second-order valence-corrected chi connectivity index (χ2v) is 4.31. The van der Waals surface area contributed by atoms with Crippen molar-refractivity contribution >= 4 is 0 Å². The topological polar surface area (TPSA) is 37.2 Å². The van der Waals surface area contributed by atoms with Gasteiger partial charge in [-0.2, -0.15) is 0 Å². The Hall–Kier alpha value is -1.58. The Bertz CT molecular complexity index is 451. The zero-order chi connectivity index (χ0) is 12.6. The van der Waals surface area contributed by atoms with Crippen molar-refractivity contribution < 1.29 is 4.42 Å². The lowest BCUT2D eigenvalue weighted by Crippen LogP contribution is -2.16. The van der Waals surface area contributed by atoms with E-state index in [4.69, 9.17) is 4.42 Å². The van der Waals surface area contributed by atoms with Crippen LogP contribution in [-0.4, -0.2) is 13.6 Å². The summed E-state index contributed by atoms with van der Waals surface area (Å²) in [6.07, 6.45) is 2.77. The second kappa shape index (κ2) is 6.99. The maximum absolute atomic E-state index is 5.29. The van der Waals surface area contributed by atoms with Crippen LogP contribution in [0.5, 0.6) is 0 Å². The molecule has 0 aliphatic carbocycles. The average Bonchev–Trinajstić information content (AvgIpc) is 2.91. The highest BCUT2D eigenvalue weighted by atomic mass is 16.3. The highest BCUT2D eigenvalue weighted by Crippen LogP contribution is 2.09. The standard InChI is InChI=1S/C15H20N2O/c1-16-9-8-13-5-2-3-6-14(13)11-17-12-15-7-4-10-18-15/h2-7,10,16-17H,8-9,11-12H2,1H3. The van der Waals surface area contributed by atoms with Gasteiger partial charge in [0.15, 0.2) is 0 Å². The van der Waals surface area contributed by atoms with E-state index >= 15 is 0 Å². The lowest BCUT2D eigenvalue weighted by Gasteiger charge is -2.09. The molecular weight excluding hydrogens is 224 g/mol. The monoisotopic (exact) mass is 244 g/mol. The fraction of sp³-hybridized carbons (Fsp3) is 0.333. The first kappa shape index (κ1) is 12.9. The molecule has 0 bridgehead atoms. The molecule has 0 atom stereocenters. The summed E-state index contributed by atoms with van der Waals surface area (Å²) in [5, 5.41) is 6.59. The number of likely N-dealkylation sites (N-methyl/N-ethyl adjacent to an activating group) is 1. The van der Waals surface area contributed by atoms with Crippen molar-refractivity contribution in [2.75, 3.05) is 13.6 Å². The van der Waals surface area contributed by atoms with Crippen LogP contribution in [0.3, 0.4) is 0 Å². The molecule has 2 aromatic rings. The SMILES string of the molecule is CNCCc1ccccc1CNCc1ccco1. The van der Waals surface area contributed by atoms with Gasteiger partial charge in [0.1, 0.15) is 5.76 Å². The Morgan fingerprint density at radius 2 is 1.83 bits per heavy atom. The first-order chi connectivity index (χ1) is 8.90. The maximum atomic E-state index is 5.29. The summed E-state index contributed by atoms with van der Waals surface area (Å²) < 4.78 is 5.29. The summed E-state index contributed by atoms with van der Waals surface area (Å²) in [7, 11) is 1.98. The summed E-state index contributed by atoms with van der Waals surface area (Å²) in [5.74, 6) is 0.975. The molecule has 0 fully saturated rings. The van der Waals surface area contributed by atoms with Crippen LogP contribution < -0.4 is 10.6 Å². The van der Waals surface area contributed by atoms with E-state index in [1.165, 1.54) is 11.1 Å². The Labute approximate surface area is 108 Å². The first-order valence-corrected chi connectivity index (χ1v) is 6.34. The molecule has 0 aliphatic heterocycles. The van der Waals surface area contributed by atoms with Crippen molar-refractivity contribution in [3.8, 4) is 0 Å². The molecule has 0 radical (unpaired) electrons. The zero-order valence-corrected chi connectivity index (χ0v) is 10.8. The first-order valence-electron chi connectivity index (χ1n) is 6.34. The van der Waals surface area contributed by atoms with Crippen LogP contribution >= 0.6 is 0 Å². The Kier molecular flexibility index (Phi) is 5.00. The lowest BCUT2D eigenvalue weighted by atomic mass is 10.0. The molecule has 1 heterocycles. The third-order valence-electron chi connectivity index (χ3n) is 2.96. The third-order valence-corrected chi connectivity index (χ3v) is 2.96.